The first-order valence-corrected chi connectivity index (χ1v) is 7.78. The Bertz CT molecular complexity index is 711. The fourth-order valence-electron chi connectivity index (χ4n) is 2.57. The maximum absolute atomic E-state index is 4.57. The van der Waals surface area contributed by atoms with Gasteiger partial charge in [0.1, 0.15) is 0 Å². The van der Waals surface area contributed by atoms with Gasteiger partial charge in [0.15, 0.2) is 0 Å². The lowest BCUT2D eigenvalue weighted by atomic mass is 10.1. The van der Waals surface area contributed by atoms with Gasteiger partial charge in [-0.15, -0.1) is 11.3 Å². The summed E-state index contributed by atoms with van der Waals surface area (Å²) in [6.07, 6.45) is 3.33. The van der Waals surface area contributed by atoms with E-state index in [1.807, 2.05) is 7.05 Å². The number of thiazole rings is 1. The molecule has 0 bridgehead atoms. The van der Waals surface area contributed by atoms with Gasteiger partial charge in [0.05, 0.1) is 17.2 Å². The molecule has 3 nitrogen and oxygen atoms in total. The molecule has 20 heavy (non-hydrogen) atoms. The average Bonchev–Trinajstić information content (AvgIpc) is 3.02. The highest BCUT2D eigenvalue weighted by Gasteiger charge is 2.09. The molecular weight excluding hydrogens is 266 g/mol. The number of likely N-dealkylation sites (N-methyl/N-ethyl adjacent to an activating group) is 1. The summed E-state index contributed by atoms with van der Waals surface area (Å²) in [5, 5.41) is 7.86. The summed E-state index contributed by atoms with van der Waals surface area (Å²) in [4.78, 5) is 4.57. The van der Waals surface area contributed by atoms with Crippen LogP contribution in [0.1, 0.15) is 16.3 Å². The summed E-state index contributed by atoms with van der Waals surface area (Å²) in [6, 6.07) is 8.62. The van der Waals surface area contributed by atoms with Gasteiger partial charge in [0, 0.05) is 22.5 Å². The van der Waals surface area contributed by atoms with Gasteiger partial charge < -0.3 is 9.88 Å². The monoisotopic (exact) mass is 285 g/mol. The van der Waals surface area contributed by atoms with E-state index in [4.69, 9.17) is 0 Å². The molecular formula is C16H19N3S. The normalized spacial score (nSPS) is 11.3. The number of aromatic nitrogens is 2. The van der Waals surface area contributed by atoms with Crippen LogP contribution in [0.15, 0.2) is 35.8 Å². The lowest BCUT2D eigenvalue weighted by molar-refractivity contribution is 0.777. The quantitative estimate of drug-likeness (QED) is 0.780. The first-order valence-electron chi connectivity index (χ1n) is 6.90. The van der Waals surface area contributed by atoms with Crippen LogP contribution >= 0.6 is 11.3 Å². The molecule has 0 spiro atoms. The van der Waals surface area contributed by atoms with Crippen LogP contribution in [0.25, 0.3) is 10.9 Å². The molecule has 0 saturated carbocycles. The van der Waals surface area contributed by atoms with Gasteiger partial charge in [-0.1, -0.05) is 18.2 Å². The molecule has 0 saturated heterocycles. The minimum absolute atomic E-state index is 0.852. The molecule has 2 heterocycles. The zero-order valence-corrected chi connectivity index (χ0v) is 12.7. The van der Waals surface area contributed by atoms with Gasteiger partial charge in [-0.3, -0.25) is 0 Å². The average molecular weight is 285 g/mol. The Balaban J connectivity index is 1.97. The zero-order chi connectivity index (χ0) is 13.9. The third-order valence-corrected chi connectivity index (χ3v) is 4.34. The molecule has 1 N–H and O–H groups in total. The van der Waals surface area contributed by atoms with Crippen molar-refractivity contribution in [3.8, 4) is 0 Å². The van der Waals surface area contributed by atoms with E-state index in [0.717, 1.165) is 30.2 Å². The number of hydrogen-bond donors (Lipinski definition) is 1. The van der Waals surface area contributed by atoms with Crippen LogP contribution in [0.2, 0.25) is 0 Å². The fraction of sp³-hybridized carbons (Fsp3) is 0.312. The number of rotatable bonds is 5. The Kier molecular flexibility index (Phi) is 3.85. The van der Waals surface area contributed by atoms with E-state index in [1.165, 1.54) is 16.5 Å². The number of aryl methyl sites for hydroxylation is 1. The third kappa shape index (κ3) is 2.62. The minimum Gasteiger partial charge on any atom is -0.341 e. The third-order valence-electron chi connectivity index (χ3n) is 3.51. The van der Waals surface area contributed by atoms with Crippen LogP contribution in [0, 0.1) is 6.92 Å². The standard InChI is InChI=1S/C16H19N3S/c1-12-18-14(11-20-12)10-19-9-13(7-8-17-2)15-5-3-4-6-16(15)19/h3-6,9,11,17H,7-8,10H2,1-2H3. The van der Waals surface area contributed by atoms with Crippen molar-refractivity contribution < 1.29 is 0 Å². The zero-order valence-electron chi connectivity index (χ0n) is 11.9. The number of para-hydroxylation sites is 1. The fourth-order valence-corrected chi connectivity index (χ4v) is 3.17. The van der Waals surface area contributed by atoms with Crippen LogP contribution in [-0.2, 0) is 13.0 Å². The van der Waals surface area contributed by atoms with Crippen LogP contribution < -0.4 is 5.32 Å². The Hall–Kier alpha value is -1.65. The maximum atomic E-state index is 4.57. The van der Waals surface area contributed by atoms with E-state index in [-0.39, 0.29) is 0 Å². The number of hydrogen-bond acceptors (Lipinski definition) is 3. The van der Waals surface area contributed by atoms with Gasteiger partial charge in [0.2, 0.25) is 0 Å². The molecule has 0 fully saturated rings. The van der Waals surface area contributed by atoms with E-state index in [1.54, 1.807) is 11.3 Å². The smallest absolute Gasteiger partial charge is 0.0898 e. The molecule has 0 aliphatic rings. The summed E-state index contributed by atoms with van der Waals surface area (Å²) in [5.74, 6) is 0. The first kappa shape index (κ1) is 13.3. The summed E-state index contributed by atoms with van der Waals surface area (Å²) >= 11 is 1.72. The van der Waals surface area contributed by atoms with Crippen LogP contribution in [0.3, 0.4) is 0 Å². The van der Waals surface area contributed by atoms with E-state index in [0.29, 0.717) is 0 Å². The Labute approximate surface area is 123 Å². The topological polar surface area (TPSA) is 29.9 Å². The van der Waals surface area contributed by atoms with E-state index in [9.17, 15) is 0 Å². The van der Waals surface area contributed by atoms with Crippen molar-refractivity contribution >= 4 is 22.2 Å². The second-order valence-corrected chi connectivity index (χ2v) is 6.07. The molecule has 0 aliphatic heterocycles. The Morgan fingerprint density at radius 1 is 1.30 bits per heavy atom. The van der Waals surface area contributed by atoms with Gasteiger partial charge in [-0.05, 0) is 38.6 Å². The number of benzene rings is 1. The molecule has 104 valence electrons. The highest BCUT2D eigenvalue weighted by molar-refractivity contribution is 7.09. The Morgan fingerprint density at radius 2 is 2.15 bits per heavy atom. The number of fused-ring (bicyclic) bond motifs is 1. The highest BCUT2D eigenvalue weighted by atomic mass is 32.1. The summed E-state index contributed by atoms with van der Waals surface area (Å²) in [7, 11) is 2.00. The lowest BCUT2D eigenvalue weighted by Gasteiger charge is -2.02. The second-order valence-electron chi connectivity index (χ2n) is 5.01. The van der Waals surface area contributed by atoms with Gasteiger partial charge in [-0.2, -0.15) is 0 Å². The largest absolute Gasteiger partial charge is 0.341 e. The van der Waals surface area contributed by atoms with Gasteiger partial charge >= 0.3 is 0 Å². The van der Waals surface area contributed by atoms with Crippen LogP contribution in [0.5, 0.6) is 0 Å². The summed E-state index contributed by atoms with van der Waals surface area (Å²) in [5.41, 5.74) is 3.85. The lowest BCUT2D eigenvalue weighted by Crippen LogP contribution is -2.10. The predicted molar refractivity (Wildman–Crippen MR) is 85.5 cm³/mol. The van der Waals surface area contributed by atoms with Gasteiger partial charge in [-0.25, -0.2) is 4.98 Å². The molecule has 2 aromatic heterocycles. The van der Waals surface area contributed by atoms with Crippen molar-refractivity contribution in [2.24, 2.45) is 0 Å². The number of nitrogens with zero attached hydrogens (tertiary/aromatic N) is 2. The summed E-state index contributed by atoms with van der Waals surface area (Å²) < 4.78 is 2.31. The van der Waals surface area contributed by atoms with Gasteiger partial charge in [0.25, 0.3) is 0 Å². The van der Waals surface area contributed by atoms with E-state index < -0.39 is 0 Å². The molecule has 0 radical (unpaired) electrons. The van der Waals surface area contributed by atoms with Crippen molar-refractivity contribution in [2.75, 3.05) is 13.6 Å². The van der Waals surface area contributed by atoms with Crippen molar-refractivity contribution in [3.63, 3.8) is 0 Å². The van der Waals surface area contributed by atoms with E-state index in [2.05, 4.69) is 57.6 Å². The van der Waals surface area contributed by atoms with E-state index >= 15 is 0 Å². The van der Waals surface area contributed by atoms with Crippen molar-refractivity contribution in [1.82, 2.24) is 14.9 Å². The molecule has 0 amide bonds. The second kappa shape index (κ2) is 5.77. The molecule has 1 aromatic carbocycles. The van der Waals surface area contributed by atoms with Crippen molar-refractivity contribution in [3.05, 3.63) is 52.1 Å². The molecule has 0 atom stereocenters. The highest BCUT2D eigenvalue weighted by Crippen LogP contribution is 2.23. The van der Waals surface area contributed by atoms with Crippen LogP contribution in [-0.4, -0.2) is 23.1 Å². The first-order chi connectivity index (χ1) is 9.78. The maximum Gasteiger partial charge on any atom is 0.0898 e. The molecule has 3 rings (SSSR count). The predicted octanol–water partition coefficient (Wildman–Crippen LogP) is 3.22. The minimum atomic E-state index is 0.852. The molecule has 3 aromatic rings. The molecule has 0 unspecified atom stereocenters. The SMILES string of the molecule is CNCCc1cn(Cc2csc(C)n2)c2ccccc12. The van der Waals surface area contributed by atoms with Crippen molar-refractivity contribution in [2.45, 2.75) is 19.9 Å². The molecule has 4 heteroatoms. The Morgan fingerprint density at radius 3 is 2.90 bits per heavy atom. The molecule has 0 aliphatic carbocycles. The summed E-state index contributed by atoms with van der Waals surface area (Å²) in [6.45, 7) is 3.91. The number of nitrogens with one attached hydrogen (secondary N) is 1. The van der Waals surface area contributed by atoms with Crippen molar-refractivity contribution in [1.29, 1.82) is 0 Å². The van der Waals surface area contributed by atoms with Crippen LogP contribution in [0.4, 0.5) is 0 Å².